The molecular weight excluding hydrogens is 136 g/mol. The van der Waals surface area contributed by atoms with Gasteiger partial charge in [-0.2, -0.15) is 0 Å². The zero-order chi connectivity index (χ0) is 7.68. The van der Waals surface area contributed by atoms with Gasteiger partial charge in [0, 0.05) is 7.11 Å². The zero-order valence-electron chi connectivity index (χ0n) is 6.45. The van der Waals surface area contributed by atoms with Crippen LogP contribution in [0.3, 0.4) is 0 Å². The lowest BCUT2D eigenvalue weighted by molar-refractivity contribution is 0.145. The SMILES string of the molecule is COC1C=Cc2ccccc21. The lowest BCUT2D eigenvalue weighted by Gasteiger charge is -2.07. The van der Waals surface area contributed by atoms with Crippen molar-refractivity contribution in [2.24, 2.45) is 0 Å². The molecule has 0 aromatic heterocycles. The van der Waals surface area contributed by atoms with Crippen molar-refractivity contribution in [3.8, 4) is 0 Å². The predicted molar refractivity (Wildman–Crippen MR) is 45.2 cm³/mol. The second-order valence-electron chi connectivity index (χ2n) is 2.64. The first-order chi connectivity index (χ1) is 5.42. The van der Waals surface area contributed by atoms with Gasteiger partial charge in [0.1, 0.15) is 6.10 Å². The molecule has 56 valence electrons. The molecule has 0 spiro atoms. The molecule has 1 unspecified atom stereocenters. The highest BCUT2D eigenvalue weighted by atomic mass is 16.5. The molecule has 0 saturated heterocycles. The maximum atomic E-state index is 5.25. The van der Waals surface area contributed by atoms with Gasteiger partial charge in [-0.25, -0.2) is 0 Å². The van der Waals surface area contributed by atoms with Crippen molar-refractivity contribution in [2.75, 3.05) is 7.11 Å². The van der Waals surface area contributed by atoms with Crippen molar-refractivity contribution in [1.82, 2.24) is 0 Å². The van der Waals surface area contributed by atoms with Crippen molar-refractivity contribution in [1.29, 1.82) is 0 Å². The van der Waals surface area contributed by atoms with Gasteiger partial charge in [-0.05, 0) is 11.1 Å². The smallest absolute Gasteiger partial charge is 0.101 e. The molecule has 1 nitrogen and oxygen atoms in total. The van der Waals surface area contributed by atoms with Crippen LogP contribution in [0.4, 0.5) is 0 Å². The summed E-state index contributed by atoms with van der Waals surface area (Å²) in [6.45, 7) is 0. The maximum Gasteiger partial charge on any atom is 0.101 e. The first-order valence-corrected chi connectivity index (χ1v) is 3.72. The Hall–Kier alpha value is -1.08. The summed E-state index contributed by atoms with van der Waals surface area (Å²) in [4.78, 5) is 0. The van der Waals surface area contributed by atoms with E-state index in [-0.39, 0.29) is 6.10 Å². The van der Waals surface area contributed by atoms with Crippen LogP contribution in [0.5, 0.6) is 0 Å². The number of hydrogen-bond acceptors (Lipinski definition) is 1. The van der Waals surface area contributed by atoms with Crippen LogP contribution >= 0.6 is 0 Å². The second-order valence-corrected chi connectivity index (χ2v) is 2.64. The minimum Gasteiger partial charge on any atom is -0.373 e. The standard InChI is InChI=1S/C10H10O/c1-11-10-7-6-8-4-2-3-5-9(8)10/h2-7,10H,1H3. The normalized spacial score (nSPS) is 20.3. The van der Waals surface area contributed by atoms with E-state index < -0.39 is 0 Å². The van der Waals surface area contributed by atoms with Gasteiger partial charge < -0.3 is 4.74 Å². The van der Waals surface area contributed by atoms with Crippen LogP contribution in [0.1, 0.15) is 17.2 Å². The summed E-state index contributed by atoms with van der Waals surface area (Å²) in [6, 6.07) is 8.29. The zero-order valence-corrected chi connectivity index (χ0v) is 6.45. The molecule has 1 aromatic carbocycles. The summed E-state index contributed by atoms with van der Waals surface area (Å²) in [5, 5.41) is 0. The quantitative estimate of drug-likeness (QED) is 0.591. The van der Waals surface area contributed by atoms with Crippen LogP contribution in [0.15, 0.2) is 30.3 Å². The van der Waals surface area contributed by atoms with Gasteiger partial charge in [-0.1, -0.05) is 36.4 Å². The van der Waals surface area contributed by atoms with Gasteiger partial charge in [-0.15, -0.1) is 0 Å². The Kier molecular flexibility index (Phi) is 1.51. The minimum atomic E-state index is 0.172. The largest absolute Gasteiger partial charge is 0.373 e. The van der Waals surface area contributed by atoms with Gasteiger partial charge in [0.05, 0.1) is 0 Å². The van der Waals surface area contributed by atoms with Crippen LogP contribution in [0.2, 0.25) is 0 Å². The molecule has 0 N–H and O–H groups in total. The lowest BCUT2D eigenvalue weighted by atomic mass is 10.1. The van der Waals surface area contributed by atoms with Crippen LogP contribution in [0.25, 0.3) is 6.08 Å². The van der Waals surface area contributed by atoms with Crippen LogP contribution in [-0.4, -0.2) is 7.11 Å². The van der Waals surface area contributed by atoms with E-state index in [4.69, 9.17) is 4.74 Å². The molecule has 0 radical (unpaired) electrons. The molecule has 0 aliphatic heterocycles. The van der Waals surface area contributed by atoms with Crippen LogP contribution in [-0.2, 0) is 4.74 Å². The molecule has 11 heavy (non-hydrogen) atoms. The van der Waals surface area contributed by atoms with Gasteiger partial charge in [0.25, 0.3) is 0 Å². The van der Waals surface area contributed by atoms with E-state index in [1.165, 1.54) is 11.1 Å². The Labute approximate surface area is 66.3 Å². The van der Waals surface area contributed by atoms with Crippen LogP contribution < -0.4 is 0 Å². The van der Waals surface area contributed by atoms with E-state index in [0.717, 1.165) is 0 Å². The molecule has 0 bridgehead atoms. The number of benzene rings is 1. The summed E-state index contributed by atoms with van der Waals surface area (Å²) in [5.41, 5.74) is 2.55. The van der Waals surface area contributed by atoms with E-state index in [1.807, 2.05) is 12.1 Å². The number of ether oxygens (including phenoxy) is 1. The molecule has 0 saturated carbocycles. The second kappa shape index (κ2) is 2.51. The van der Waals surface area contributed by atoms with E-state index in [9.17, 15) is 0 Å². The minimum absolute atomic E-state index is 0.172. The number of methoxy groups -OCH3 is 1. The number of fused-ring (bicyclic) bond motifs is 1. The van der Waals surface area contributed by atoms with Crippen molar-refractivity contribution in [3.05, 3.63) is 41.5 Å². The molecule has 1 aliphatic rings. The number of rotatable bonds is 1. The Morgan fingerprint density at radius 3 is 2.91 bits per heavy atom. The molecule has 0 amide bonds. The summed E-state index contributed by atoms with van der Waals surface area (Å²) >= 11 is 0. The Bertz CT molecular complexity index is 289. The number of hydrogen-bond donors (Lipinski definition) is 0. The molecule has 2 rings (SSSR count). The monoisotopic (exact) mass is 146 g/mol. The van der Waals surface area contributed by atoms with Crippen LogP contribution in [0, 0.1) is 0 Å². The average Bonchev–Trinajstić information content (AvgIpc) is 2.47. The van der Waals surface area contributed by atoms with Gasteiger partial charge in [0.15, 0.2) is 0 Å². The van der Waals surface area contributed by atoms with E-state index in [0.29, 0.717) is 0 Å². The van der Waals surface area contributed by atoms with Crippen molar-refractivity contribution in [3.63, 3.8) is 0 Å². The van der Waals surface area contributed by atoms with E-state index in [2.05, 4.69) is 24.3 Å². The third-order valence-electron chi connectivity index (χ3n) is 2.01. The van der Waals surface area contributed by atoms with Gasteiger partial charge in [0.2, 0.25) is 0 Å². The third-order valence-corrected chi connectivity index (χ3v) is 2.01. The average molecular weight is 146 g/mol. The molecular formula is C10H10O. The molecule has 1 heteroatoms. The first kappa shape index (κ1) is 6.62. The fourth-order valence-corrected chi connectivity index (χ4v) is 1.42. The molecule has 1 aliphatic carbocycles. The Balaban J connectivity index is 2.46. The third kappa shape index (κ3) is 0.976. The predicted octanol–water partition coefficient (Wildman–Crippen LogP) is 2.40. The van der Waals surface area contributed by atoms with E-state index in [1.54, 1.807) is 7.11 Å². The fraction of sp³-hybridized carbons (Fsp3) is 0.200. The topological polar surface area (TPSA) is 9.23 Å². The molecule has 0 fully saturated rings. The summed E-state index contributed by atoms with van der Waals surface area (Å²) in [6.07, 6.45) is 4.35. The summed E-state index contributed by atoms with van der Waals surface area (Å²) in [5.74, 6) is 0. The highest BCUT2D eigenvalue weighted by Crippen LogP contribution is 2.29. The highest BCUT2D eigenvalue weighted by molar-refractivity contribution is 5.61. The maximum absolute atomic E-state index is 5.25. The van der Waals surface area contributed by atoms with Crippen molar-refractivity contribution in [2.45, 2.75) is 6.10 Å². The van der Waals surface area contributed by atoms with Gasteiger partial charge in [-0.3, -0.25) is 0 Å². The highest BCUT2D eigenvalue weighted by Gasteiger charge is 2.14. The lowest BCUT2D eigenvalue weighted by Crippen LogP contribution is -1.94. The molecule has 1 atom stereocenters. The van der Waals surface area contributed by atoms with Crippen molar-refractivity contribution >= 4 is 6.08 Å². The first-order valence-electron chi connectivity index (χ1n) is 3.72. The van der Waals surface area contributed by atoms with Gasteiger partial charge >= 0.3 is 0 Å². The fourth-order valence-electron chi connectivity index (χ4n) is 1.42. The Morgan fingerprint density at radius 1 is 1.27 bits per heavy atom. The molecule has 0 heterocycles. The van der Waals surface area contributed by atoms with Crippen molar-refractivity contribution < 1.29 is 4.74 Å². The summed E-state index contributed by atoms with van der Waals surface area (Å²) in [7, 11) is 1.73. The molecule has 1 aromatic rings. The van der Waals surface area contributed by atoms with E-state index >= 15 is 0 Å². The Morgan fingerprint density at radius 2 is 2.09 bits per heavy atom. The summed E-state index contributed by atoms with van der Waals surface area (Å²) < 4.78 is 5.25.